The van der Waals surface area contributed by atoms with E-state index in [2.05, 4.69) is 43.8 Å². The van der Waals surface area contributed by atoms with Gasteiger partial charge in [0.2, 0.25) is 0 Å². The van der Waals surface area contributed by atoms with Gasteiger partial charge in [-0.1, -0.05) is 18.2 Å². The first-order valence-electron chi connectivity index (χ1n) is 10.9. The van der Waals surface area contributed by atoms with Crippen molar-refractivity contribution in [2.45, 2.75) is 20.5 Å². The van der Waals surface area contributed by atoms with Crippen molar-refractivity contribution in [3.8, 4) is 11.5 Å². The molecule has 4 rings (SSSR count). The third-order valence-electron chi connectivity index (χ3n) is 5.71. The number of carbonyl (C=O) groups is 3. The zero-order valence-electron chi connectivity index (χ0n) is 19.7. The standard InChI is InChI=1S/C27H22BrIN2O5/c1-15-4-9-20(10-16(15)2)31-26(33)21(25(32)30-27(31)34)11-18-12-22(28)24(23(13-18)35-3)36-14-17-5-7-19(29)8-6-17/h4-13H,14H2,1-3H3,(H,30,32,34)/b21-11+. The molecule has 1 N–H and O–H groups in total. The number of methoxy groups -OCH3 is 1. The summed E-state index contributed by atoms with van der Waals surface area (Å²) < 4.78 is 13.2. The van der Waals surface area contributed by atoms with Crippen LogP contribution in [0.2, 0.25) is 0 Å². The van der Waals surface area contributed by atoms with Crippen LogP contribution in [0.5, 0.6) is 11.5 Å². The normalized spacial score (nSPS) is 14.8. The first-order chi connectivity index (χ1) is 17.2. The Hall–Kier alpha value is -3.18. The van der Waals surface area contributed by atoms with Crippen LogP contribution in [0.1, 0.15) is 22.3 Å². The zero-order chi connectivity index (χ0) is 26.0. The van der Waals surface area contributed by atoms with Crippen molar-refractivity contribution in [2.24, 2.45) is 0 Å². The van der Waals surface area contributed by atoms with E-state index < -0.39 is 17.8 Å². The predicted octanol–water partition coefficient (Wildman–Crippen LogP) is 5.92. The lowest BCUT2D eigenvalue weighted by Crippen LogP contribution is -2.54. The van der Waals surface area contributed by atoms with E-state index in [1.807, 2.05) is 44.2 Å². The molecule has 4 amide bonds. The van der Waals surface area contributed by atoms with Gasteiger partial charge in [0.05, 0.1) is 17.3 Å². The van der Waals surface area contributed by atoms with Crippen LogP contribution in [0.4, 0.5) is 10.5 Å². The second-order valence-corrected chi connectivity index (χ2v) is 10.3. The first kappa shape index (κ1) is 25.9. The van der Waals surface area contributed by atoms with Crippen LogP contribution in [0.15, 0.2) is 64.6 Å². The summed E-state index contributed by atoms with van der Waals surface area (Å²) in [5.41, 5.74) is 3.68. The summed E-state index contributed by atoms with van der Waals surface area (Å²) in [6.07, 6.45) is 1.42. The van der Waals surface area contributed by atoms with Gasteiger partial charge in [0.25, 0.3) is 11.8 Å². The summed E-state index contributed by atoms with van der Waals surface area (Å²) >= 11 is 5.75. The number of rotatable bonds is 6. The molecule has 1 heterocycles. The van der Waals surface area contributed by atoms with Crippen LogP contribution in [0.3, 0.4) is 0 Å². The Labute approximate surface area is 230 Å². The molecule has 3 aromatic rings. The van der Waals surface area contributed by atoms with Crippen molar-refractivity contribution >= 4 is 68.1 Å². The van der Waals surface area contributed by atoms with Gasteiger partial charge in [-0.2, -0.15) is 0 Å². The van der Waals surface area contributed by atoms with Gasteiger partial charge in [-0.25, -0.2) is 9.69 Å². The van der Waals surface area contributed by atoms with Gasteiger partial charge in [0.1, 0.15) is 12.2 Å². The Morgan fingerprint density at radius 1 is 1.00 bits per heavy atom. The Kier molecular flexibility index (Phi) is 7.79. The summed E-state index contributed by atoms with van der Waals surface area (Å²) in [7, 11) is 1.51. The monoisotopic (exact) mass is 660 g/mol. The molecule has 36 heavy (non-hydrogen) atoms. The number of carbonyl (C=O) groups excluding carboxylic acids is 3. The van der Waals surface area contributed by atoms with E-state index in [0.29, 0.717) is 33.8 Å². The molecule has 1 saturated heterocycles. The highest BCUT2D eigenvalue weighted by molar-refractivity contribution is 14.1. The van der Waals surface area contributed by atoms with Crippen molar-refractivity contribution in [2.75, 3.05) is 12.0 Å². The molecule has 0 radical (unpaired) electrons. The number of urea groups is 1. The van der Waals surface area contributed by atoms with Crippen LogP contribution >= 0.6 is 38.5 Å². The number of ether oxygens (including phenoxy) is 2. The number of aryl methyl sites for hydroxylation is 2. The predicted molar refractivity (Wildman–Crippen MR) is 149 cm³/mol. The van der Waals surface area contributed by atoms with E-state index in [-0.39, 0.29) is 5.57 Å². The van der Waals surface area contributed by atoms with E-state index >= 15 is 0 Å². The van der Waals surface area contributed by atoms with Gasteiger partial charge < -0.3 is 9.47 Å². The van der Waals surface area contributed by atoms with Gasteiger partial charge in [-0.15, -0.1) is 0 Å². The molecule has 1 fully saturated rings. The minimum absolute atomic E-state index is 0.172. The summed E-state index contributed by atoms with van der Waals surface area (Å²) in [6.45, 7) is 4.16. The van der Waals surface area contributed by atoms with E-state index in [9.17, 15) is 14.4 Å². The quantitative estimate of drug-likeness (QED) is 0.202. The summed E-state index contributed by atoms with van der Waals surface area (Å²) in [6, 6.07) is 15.8. The maximum atomic E-state index is 13.2. The SMILES string of the molecule is COc1cc(/C=C2\C(=O)NC(=O)N(c3ccc(C)c(C)c3)C2=O)cc(Br)c1OCc1ccc(I)cc1. The number of hydrogen-bond acceptors (Lipinski definition) is 5. The minimum Gasteiger partial charge on any atom is -0.493 e. The number of amides is 4. The van der Waals surface area contributed by atoms with Crippen molar-refractivity contribution < 1.29 is 23.9 Å². The molecule has 0 spiro atoms. The number of halogens is 2. The molecule has 0 atom stereocenters. The third kappa shape index (κ3) is 5.46. The van der Waals surface area contributed by atoms with Crippen LogP contribution in [-0.2, 0) is 16.2 Å². The van der Waals surface area contributed by atoms with Crippen LogP contribution < -0.4 is 19.7 Å². The lowest BCUT2D eigenvalue weighted by Gasteiger charge is -2.27. The summed E-state index contributed by atoms with van der Waals surface area (Å²) in [5, 5.41) is 2.25. The second-order valence-electron chi connectivity index (χ2n) is 8.18. The van der Waals surface area contributed by atoms with Crippen LogP contribution in [0, 0.1) is 17.4 Å². The smallest absolute Gasteiger partial charge is 0.335 e. The molecule has 7 nitrogen and oxygen atoms in total. The minimum atomic E-state index is -0.788. The number of hydrogen-bond donors (Lipinski definition) is 1. The molecule has 1 aliphatic heterocycles. The van der Waals surface area contributed by atoms with Gasteiger partial charge in [0, 0.05) is 3.57 Å². The maximum absolute atomic E-state index is 13.2. The molecule has 9 heteroatoms. The molecular formula is C27H22BrIN2O5. The third-order valence-corrected chi connectivity index (χ3v) is 7.02. The Bertz CT molecular complexity index is 1400. The Balaban J connectivity index is 1.64. The average molecular weight is 661 g/mol. The van der Waals surface area contributed by atoms with Gasteiger partial charge >= 0.3 is 6.03 Å². The van der Waals surface area contributed by atoms with Crippen LogP contribution in [0.25, 0.3) is 6.08 Å². The van der Waals surface area contributed by atoms with E-state index in [0.717, 1.165) is 25.2 Å². The molecule has 0 saturated carbocycles. The first-order valence-corrected chi connectivity index (χ1v) is 12.8. The van der Waals surface area contributed by atoms with Gasteiger partial charge in [0.15, 0.2) is 11.5 Å². The molecule has 0 aliphatic carbocycles. The Morgan fingerprint density at radius 3 is 2.39 bits per heavy atom. The lowest BCUT2D eigenvalue weighted by atomic mass is 10.0. The van der Waals surface area contributed by atoms with E-state index in [4.69, 9.17) is 9.47 Å². The van der Waals surface area contributed by atoms with E-state index in [1.54, 1.807) is 24.3 Å². The fourth-order valence-electron chi connectivity index (χ4n) is 3.62. The molecule has 184 valence electrons. The topological polar surface area (TPSA) is 84.9 Å². The van der Waals surface area contributed by atoms with Crippen LogP contribution in [-0.4, -0.2) is 25.0 Å². The highest BCUT2D eigenvalue weighted by Crippen LogP contribution is 2.38. The largest absolute Gasteiger partial charge is 0.493 e. The summed E-state index contributed by atoms with van der Waals surface area (Å²) in [4.78, 5) is 39.3. The fraction of sp³-hybridized carbons (Fsp3) is 0.148. The maximum Gasteiger partial charge on any atom is 0.335 e. The highest BCUT2D eigenvalue weighted by atomic mass is 127. The molecule has 0 bridgehead atoms. The van der Waals surface area contributed by atoms with Crippen molar-refractivity contribution in [1.29, 1.82) is 0 Å². The van der Waals surface area contributed by atoms with Crippen molar-refractivity contribution in [3.05, 3.63) is 90.5 Å². The van der Waals surface area contributed by atoms with Crippen molar-refractivity contribution in [1.82, 2.24) is 5.32 Å². The molecular weight excluding hydrogens is 639 g/mol. The molecule has 0 unspecified atom stereocenters. The summed E-state index contributed by atoms with van der Waals surface area (Å²) in [5.74, 6) is -0.558. The number of nitrogens with zero attached hydrogens (tertiary/aromatic N) is 1. The fourth-order valence-corrected chi connectivity index (χ4v) is 4.56. The highest BCUT2D eigenvalue weighted by Gasteiger charge is 2.37. The van der Waals surface area contributed by atoms with Crippen molar-refractivity contribution in [3.63, 3.8) is 0 Å². The van der Waals surface area contributed by atoms with Gasteiger partial charge in [-0.3, -0.25) is 14.9 Å². The number of benzene rings is 3. The number of barbiturate groups is 1. The number of anilines is 1. The van der Waals surface area contributed by atoms with E-state index in [1.165, 1.54) is 13.2 Å². The molecule has 1 aliphatic rings. The molecule has 3 aromatic carbocycles. The zero-order valence-corrected chi connectivity index (χ0v) is 23.5. The number of nitrogens with one attached hydrogen (secondary N) is 1. The number of imide groups is 2. The van der Waals surface area contributed by atoms with Gasteiger partial charge in [-0.05, 0) is 117 Å². The lowest BCUT2D eigenvalue weighted by molar-refractivity contribution is -0.122. The Morgan fingerprint density at radius 2 is 1.72 bits per heavy atom. The second kappa shape index (κ2) is 10.8. The average Bonchev–Trinajstić information content (AvgIpc) is 2.84. The molecule has 0 aromatic heterocycles.